The van der Waals surface area contributed by atoms with Crippen LogP contribution in [-0.4, -0.2) is 64.0 Å². The van der Waals surface area contributed by atoms with Crippen LogP contribution in [0.15, 0.2) is 29.3 Å². The molecule has 158 valence electrons. The van der Waals surface area contributed by atoms with E-state index in [2.05, 4.69) is 26.6 Å². The number of rotatable bonds is 8. The van der Waals surface area contributed by atoms with Gasteiger partial charge in [0.25, 0.3) is 0 Å². The van der Waals surface area contributed by atoms with Crippen molar-refractivity contribution in [2.24, 2.45) is 10.9 Å². The molecule has 2 rings (SSSR count). The van der Waals surface area contributed by atoms with E-state index in [4.69, 9.17) is 11.6 Å². The number of piperidine rings is 1. The summed E-state index contributed by atoms with van der Waals surface area (Å²) in [6, 6.07) is 8.10. The summed E-state index contributed by atoms with van der Waals surface area (Å²) < 4.78 is 22.6. The van der Waals surface area contributed by atoms with Crippen molar-refractivity contribution in [1.29, 1.82) is 0 Å². The van der Waals surface area contributed by atoms with Gasteiger partial charge in [-0.25, -0.2) is 8.42 Å². The highest BCUT2D eigenvalue weighted by molar-refractivity contribution is 7.90. The Kier molecular flexibility index (Phi) is 9.05. The van der Waals surface area contributed by atoms with Crippen molar-refractivity contribution in [1.82, 2.24) is 15.5 Å². The minimum Gasteiger partial charge on any atom is -0.356 e. The smallest absolute Gasteiger partial charge is 0.191 e. The Hall–Kier alpha value is -1.31. The van der Waals surface area contributed by atoms with Gasteiger partial charge in [-0.3, -0.25) is 9.89 Å². The van der Waals surface area contributed by atoms with Crippen molar-refractivity contribution < 1.29 is 8.42 Å². The molecule has 1 aromatic carbocycles. The van der Waals surface area contributed by atoms with E-state index in [1.54, 1.807) is 7.05 Å². The van der Waals surface area contributed by atoms with Crippen LogP contribution in [0.2, 0.25) is 5.02 Å². The molecular formula is C20H33ClN4O2S. The van der Waals surface area contributed by atoms with E-state index in [1.807, 2.05) is 25.1 Å². The van der Waals surface area contributed by atoms with Gasteiger partial charge in [-0.1, -0.05) is 29.8 Å². The Bertz CT molecular complexity index is 746. The van der Waals surface area contributed by atoms with Crippen LogP contribution in [0.25, 0.3) is 0 Å². The lowest BCUT2D eigenvalue weighted by Crippen LogP contribution is -2.45. The molecule has 2 N–H and O–H groups in total. The average Bonchev–Trinajstić information content (AvgIpc) is 2.66. The fourth-order valence-corrected chi connectivity index (χ4v) is 4.33. The third-order valence-electron chi connectivity index (χ3n) is 5.15. The van der Waals surface area contributed by atoms with Gasteiger partial charge >= 0.3 is 0 Å². The van der Waals surface area contributed by atoms with Crippen molar-refractivity contribution in [3.8, 4) is 0 Å². The van der Waals surface area contributed by atoms with Gasteiger partial charge in [0, 0.05) is 37.5 Å². The van der Waals surface area contributed by atoms with Crippen LogP contribution in [0.3, 0.4) is 0 Å². The first-order valence-electron chi connectivity index (χ1n) is 9.87. The largest absolute Gasteiger partial charge is 0.356 e. The second-order valence-electron chi connectivity index (χ2n) is 7.73. The number of hydrogen-bond acceptors (Lipinski definition) is 4. The number of guanidine groups is 1. The number of halogens is 1. The molecule has 1 atom stereocenters. The van der Waals surface area contributed by atoms with Gasteiger partial charge in [-0.15, -0.1) is 0 Å². The monoisotopic (exact) mass is 428 g/mol. The van der Waals surface area contributed by atoms with Crippen molar-refractivity contribution in [3.63, 3.8) is 0 Å². The van der Waals surface area contributed by atoms with E-state index < -0.39 is 9.84 Å². The number of nitrogens with zero attached hydrogens (tertiary/aromatic N) is 2. The van der Waals surface area contributed by atoms with E-state index in [0.29, 0.717) is 12.3 Å². The Morgan fingerprint density at radius 2 is 2.00 bits per heavy atom. The van der Waals surface area contributed by atoms with Gasteiger partial charge in [0.05, 0.1) is 5.75 Å². The average molecular weight is 429 g/mol. The SMILES string of the molecule is CN=C(NCC1CCN(Cc2ccccc2Cl)CC1)NC(C)CCS(C)(=O)=O. The predicted molar refractivity (Wildman–Crippen MR) is 118 cm³/mol. The number of nitrogens with one attached hydrogen (secondary N) is 2. The van der Waals surface area contributed by atoms with Gasteiger partial charge < -0.3 is 10.6 Å². The molecule has 1 unspecified atom stereocenters. The summed E-state index contributed by atoms with van der Waals surface area (Å²) in [5.74, 6) is 1.52. The van der Waals surface area contributed by atoms with Crippen LogP contribution in [0.1, 0.15) is 31.7 Å². The highest BCUT2D eigenvalue weighted by atomic mass is 35.5. The molecule has 0 bridgehead atoms. The van der Waals surface area contributed by atoms with Gasteiger partial charge in [-0.2, -0.15) is 0 Å². The molecule has 28 heavy (non-hydrogen) atoms. The molecular weight excluding hydrogens is 396 g/mol. The molecule has 1 fully saturated rings. The van der Waals surface area contributed by atoms with Gasteiger partial charge in [0.1, 0.15) is 9.84 Å². The quantitative estimate of drug-likeness (QED) is 0.491. The zero-order valence-corrected chi connectivity index (χ0v) is 18.7. The Morgan fingerprint density at radius 3 is 2.61 bits per heavy atom. The van der Waals surface area contributed by atoms with Crippen LogP contribution < -0.4 is 10.6 Å². The van der Waals surface area contributed by atoms with E-state index in [-0.39, 0.29) is 11.8 Å². The summed E-state index contributed by atoms with van der Waals surface area (Å²) in [7, 11) is -1.19. The molecule has 8 heteroatoms. The molecule has 0 aliphatic carbocycles. The van der Waals surface area contributed by atoms with E-state index >= 15 is 0 Å². The van der Waals surface area contributed by atoms with Gasteiger partial charge in [0.2, 0.25) is 0 Å². The number of benzene rings is 1. The predicted octanol–water partition coefficient (Wildman–Crippen LogP) is 2.54. The molecule has 1 saturated heterocycles. The second-order valence-corrected chi connectivity index (χ2v) is 10.4. The summed E-state index contributed by atoms with van der Waals surface area (Å²) in [5, 5.41) is 7.51. The van der Waals surface area contributed by atoms with Gasteiger partial charge in [-0.05, 0) is 56.8 Å². The first-order valence-corrected chi connectivity index (χ1v) is 12.3. The lowest BCUT2D eigenvalue weighted by molar-refractivity contribution is 0.178. The van der Waals surface area contributed by atoms with Crippen molar-refractivity contribution in [2.75, 3.05) is 38.7 Å². The van der Waals surface area contributed by atoms with Crippen LogP contribution in [0, 0.1) is 5.92 Å². The molecule has 1 aliphatic rings. The van der Waals surface area contributed by atoms with E-state index in [9.17, 15) is 8.42 Å². The molecule has 0 saturated carbocycles. The Labute approximate surface area is 174 Å². The molecule has 1 aromatic rings. The topological polar surface area (TPSA) is 73.8 Å². The van der Waals surface area contributed by atoms with Crippen molar-refractivity contribution in [2.45, 2.75) is 38.8 Å². The minimum absolute atomic E-state index is 0.0541. The highest BCUT2D eigenvalue weighted by Crippen LogP contribution is 2.21. The highest BCUT2D eigenvalue weighted by Gasteiger charge is 2.20. The second kappa shape index (κ2) is 11.0. The van der Waals surface area contributed by atoms with Gasteiger partial charge in [0.15, 0.2) is 5.96 Å². The normalized spacial score (nSPS) is 18.1. The fourth-order valence-electron chi connectivity index (χ4n) is 3.35. The summed E-state index contributed by atoms with van der Waals surface area (Å²) >= 11 is 6.27. The molecule has 0 radical (unpaired) electrons. The lowest BCUT2D eigenvalue weighted by atomic mass is 9.96. The standard InChI is InChI=1S/C20H33ClN4O2S/c1-16(10-13-28(3,26)27)24-20(22-2)23-14-17-8-11-25(12-9-17)15-18-6-4-5-7-19(18)21/h4-7,16-17H,8-15H2,1-3H3,(H2,22,23,24). The fraction of sp³-hybridized carbons (Fsp3) is 0.650. The maximum absolute atomic E-state index is 11.3. The summed E-state index contributed by atoms with van der Waals surface area (Å²) in [5.41, 5.74) is 1.19. The number of hydrogen-bond donors (Lipinski definition) is 2. The maximum Gasteiger partial charge on any atom is 0.191 e. The number of aliphatic imine (C=N–C) groups is 1. The molecule has 0 spiro atoms. The zero-order valence-electron chi connectivity index (χ0n) is 17.1. The first-order chi connectivity index (χ1) is 13.3. The van der Waals surface area contributed by atoms with E-state index in [1.165, 1.54) is 11.8 Å². The summed E-state index contributed by atoms with van der Waals surface area (Å²) in [6.45, 7) is 5.88. The van der Waals surface area contributed by atoms with Crippen LogP contribution in [0.4, 0.5) is 0 Å². The van der Waals surface area contributed by atoms with Crippen LogP contribution in [0.5, 0.6) is 0 Å². The molecule has 6 nitrogen and oxygen atoms in total. The maximum atomic E-state index is 11.3. The Balaban J connectivity index is 1.70. The summed E-state index contributed by atoms with van der Waals surface area (Å²) in [4.78, 5) is 6.71. The van der Waals surface area contributed by atoms with Crippen LogP contribution in [-0.2, 0) is 16.4 Å². The first kappa shape index (κ1) is 23.0. The van der Waals surface area contributed by atoms with Crippen molar-refractivity contribution in [3.05, 3.63) is 34.9 Å². The minimum atomic E-state index is -2.93. The molecule has 0 aromatic heterocycles. The van der Waals surface area contributed by atoms with Crippen molar-refractivity contribution >= 4 is 27.4 Å². The third-order valence-corrected chi connectivity index (χ3v) is 6.49. The number of sulfone groups is 1. The summed E-state index contributed by atoms with van der Waals surface area (Å²) in [6.07, 6.45) is 4.11. The molecule has 1 heterocycles. The molecule has 1 aliphatic heterocycles. The number of likely N-dealkylation sites (tertiary alicyclic amines) is 1. The lowest BCUT2D eigenvalue weighted by Gasteiger charge is -2.32. The van der Waals surface area contributed by atoms with E-state index in [0.717, 1.165) is 50.0 Å². The zero-order chi connectivity index (χ0) is 20.6. The van der Waals surface area contributed by atoms with Crippen LogP contribution >= 0.6 is 11.6 Å². The third kappa shape index (κ3) is 8.37. The Morgan fingerprint density at radius 1 is 1.32 bits per heavy atom. The molecule has 0 amide bonds.